The van der Waals surface area contributed by atoms with Crippen LogP contribution in [0.15, 0.2) is 35.5 Å². The number of amides is 1. The van der Waals surface area contributed by atoms with Crippen molar-refractivity contribution < 1.29 is 17.6 Å². The van der Waals surface area contributed by atoms with Crippen LogP contribution in [0, 0.1) is 0 Å². The van der Waals surface area contributed by atoms with E-state index in [4.69, 9.17) is 4.42 Å². The minimum atomic E-state index is -3.38. The van der Waals surface area contributed by atoms with Crippen LogP contribution < -0.4 is 5.32 Å². The van der Waals surface area contributed by atoms with Crippen molar-refractivity contribution in [3.63, 3.8) is 0 Å². The van der Waals surface area contributed by atoms with Crippen LogP contribution in [0.1, 0.15) is 12.2 Å². The maximum atomic E-state index is 11.6. The maximum Gasteiger partial charge on any atom is 0.221 e. The molecule has 0 atom stereocenters. The Kier molecular flexibility index (Phi) is 5.78. The number of carbonyl (C=O) groups is 1. The summed E-state index contributed by atoms with van der Waals surface area (Å²) in [6, 6.07) is 3.38. The summed E-state index contributed by atoms with van der Waals surface area (Å²) in [5.74, 6) is 0.324. The molecule has 0 fully saturated rings. The molecule has 1 aromatic heterocycles. The van der Waals surface area contributed by atoms with Crippen molar-refractivity contribution >= 4 is 15.9 Å². The molecule has 0 bridgehead atoms. The molecule has 7 heteroatoms. The largest absolute Gasteiger partial charge is 0.468 e. The third kappa shape index (κ3) is 5.71. The van der Waals surface area contributed by atoms with Gasteiger partial charge in [-0.05, 0) is 12.1 Å². The van der Waals surface area contributed by atoms with Crippen LogP contribution in [0.2, 0.25) is 0 Å². The Labute approximate surface area is 113 Å². The molecule has 1 aromatic rings. The van der Waals surface area contributed by atoms with E-state index >= 15 is 0 Å². The van der Waals surface area contributed by atoms with Crippen molar-refractivity contribution in [1.82, 2.24) is 9.62 Å². The molecule has 0 unspecified atom stereocenters. The van der Waals surface area contributed by atoms with Gasteiger partial charge in [-0.2, -0.15) is 4.31 Å². The topological polar surface area (TPSA) is 79.6 Å². The lowest BCUT2D eigenvalue weighted by atomic mass is 10.3. The average Bonchev–Trinajstić information content (AvgIpc) is 2.83. The second-order valence-corrected chi connectivity index (χ2v) is 6.00. The molecule has 0 aliphatic heterocycles. The van der Waals surface area contributed by atoms with E-state index in [0.717, 1.165) is 6.26 Å². The summed E-state index contributed by atoms with van der Waals surface area (Å²) in [4.78, 5) is 11.4. The number of furan rings is 1. The van der Waals surface area contributed by atoms with Crippen molar-refractivity contribution in [2.45, 2.75) is 13.0 Å². The van der Waals surface area contributed by atoms with E-state index in [1.807, 2.05) is 0 Å². The minimum Gasteiger partial charge on any atom is -0.468 e. The first-order valence-electron chi connectivity index (χ1n) is 5.78. The van der Waals surface area contributed by atoms with Crippen molar-refractivity contribution in [3.8, 4) is 0 Å². The van der Waals surface area contributed by atoms with E-state index in [-0.39, 0.29) is 25.4 Å². The van der Waals surface area contributed by atoms with E-state index in [0.29, 0.717) is 12.3 Å². The molecule has 1 N–H and O–H groups in total. The summed E-state index contributed by atoms with van der Waals surface area (Å²) in [7, 11) is -3.38. The van der Waals surface area contributed by atoms with E-state index in [1.165, 1.54) is 10.6 Å². The second kappa shape index (κ2) is 7.10. The fourth-order valence-corrected chi connectivity index (χ4v) is 2.22. The molecule has 0 spiro atoms. The van der Waals surface area contributed by atoms with Crippen LogP contribution in [-0.4, -0.2) is 38.0 Å². The maximum absolute atomic E-state index is 11.6. The summed E-state index contributed by atoms with van der Waals surface area (Å²) in [5, 5.41) is 2.60. The van der Waals surface area contributed by atoms with Gasteiger partial charge in [0.25, 0.3) is 0 Å². The van der Waals surface area contributed by atoms with Gasteiger partial charge in [-0.3, -0.25) is 4.79 Å². The standard InChI is InChI=1S/C12H18N2O4S/c1-3-7-13-12(15)6-8-14(19(2,16)17)10-11-5-4-9-18-11/h3-5,9H,1,6-8,10H2,2H3,(H,13,15). The van der Waals surface area contributed by atoms with E-state index in [1.54, 1.807) is 18.2 Å². The third-order valence-corrected chi connectivity index (χ3v) is 3.66. The normalized spacial score (nSPS) is 11.5. The molecule has 0 saturated heterocycles. The van der Waals surface area contributed by atoms with Crippen molar-refractivity contribution in [3.05, 3.63) is 36.8 Å². The third-order valence-electron chi connectivity index (χ3n) is 2.41. The SMILES string of the molecule is C=CCNC(=O)CCN(Cc1ccco1)S(C)(=O)=O. The summed E-state index contributed by atoms with van der Waals surface area (Å²) in [6.07, 6.45) is 4.25. The molecule has 1 heterocycles. The lowest BCUT2D eigenvalue weighted by molar-refractivity contribution is -0.121. The zero-order valence-corrected chi connectivity index (χ0v) is 11.6. The molecule has 106 valence electrons. The van der Waals surface area contributed by atoms with Gasteiger partial charge in [0.15, 0.2) is 0 Å². The number of sulfonamides is 1. The first kappa shape index (κ1) is 15.5. The van der Waals surface area contributed by atoms with E-state index in [9.17, 15) is 13.2 Å². The van der Waals surface area contributed by atoms with E-state index in [2.05, 4.69) is 11.9 Å². The summed E-state index contributed by atoms with van der Waals surface area (Å²) in [5.41, 5.74) is 0. The van der Waals surface area contributed by atoms with Crippen LogP contribution in [0.5, 0.6) is 0 Å². The van der Waals surface area contributed by atoms with Gasteiger partial charge in [0.05, 0.1) is 19.1 Å². The van der Waals surface area contributed by atoms with Gasteiger partial charge in [-0.1, -0.05) is 6.08 Å². The first-order chi connectivity index (χ1) is 8.93. The Morgan fingerprint density at radius 3 is 2.84 bits per heavy atom. The first-order valence-corrected chi connectivity index (χ1v) is 7.63. The second-order valence-electron chi connectivity index (χ2n) is 4.02. The van der Waals surface area contributed by atoms with Crippen LogP contribution in [0.25, 0.3) is 0 Å². The number of carbonyl (C=O) groups excluding carboxylic acids is 1. The van der Waals surface area contributed by atoms with Gasteiger partial charge >= 0.3 is 0 Å². The molecule has 6 nitrogen and oxygen atoms in total. The molecule has 19 heavy (non-hydrogen) atoms. The van der Waals surface area contributed by atoms with Crippen LogP contribution in [-0.2, 0) is 21.4 Å². The lowest BCUT2D eigenvalue weighted by Gasteiger charge is -2.18. The molecule has 0 aliphatic carbocycles. The minimum absolute atomic E-state index is 0.0988. The number of nitrogens with zero attached hydrogens (tertiary/aromatic N) is 1. The van der Waals surface area contributed by atoms with Crippen LogP contribution in [0.4, 0.5) is 0 Å². The predicted molar refractivity (Wildman–Crippen MR) is 71.8 cm³/mol. The predicted octanol–water partition coefficient (Wildman–Crippen LogP) is 0.733. The molecule has 0 radical (unpaired) electrons. The highest BCUT2D eigenvalue weighted by atomic mass is 32.2. The number of hydrogen-bond acceptors (Lipinski definition) is 4. The molecular formula is C12H18N2O4S. The molecular weight excluding hydrogens is 268 g/mol. The molecule has 0 aromatic carbocycles. The lowest BCUT2D eigenvalue weighted by Crippen LogP contribution is -2.34. The molecule has 0 aliphatic rings. The highest BCUT2D eigenvalue weighted by molar-refractivity contribution is 7.88. The summed E-state index contributed by atoms with van der Waals surface area (Å²) in [6.45, 7) is 4.09. The number of nitrogens with one attached hydrogen (secondary N) is 1. The van der Waals surface area contributed by atoms with Gasteiger partial charge in [-0.15, -0.1) is 6.58 Å². The van der Waals surface area contributed by atoms with Crippen LogP contribution in [0.3, 0.4) is 0 Å². The zero-order valence-electron chi connectivity index (χ0n) is 10.8. The van der Waals surface area contributed by atoms with E-state index < -0.39 is 10.0 Å². The molecule has 0 saturated carbocycles. The van der Waals surface area contributed by atoms with Gasteiger partial charge in [0, 0.05) is 19.5 Å². The fraction of sp³-hybridized carbons (Fsp3) is 0.417. The average molecular weight is 286 g/mol. The van der Waals surface area contributed by atoms with Gasteiger partial charge in [0.1, 0.15) is 5.76 Å². The number of hydrogen-bond donors (Lipinski definition) is 1. The van der Waals surface area contributed by atoms with Crippen molar-refractivity contribution in [1.29, 1.82) is 0 Å². The highest BCUT2D eigenvalue weighted by Gasteiger charge is 2.19. The zero-order chi connectivity index (χ0) is 14.3. The fourth-order valence-electron chi connectivity index (χ4n) is 1.44. The summed E-state index contributed by atoms with van der Waals surface area (Å²) < 4.78 is 29.6. The van der Waals surface area contributed by atoms with Gasteiger partial charge < -0.3 is 9.73 Å². The summed E-state index contributed by atoms with van der Waals surface area (Å²) >= 11 is 0. The highest BCUT2D eigenvalue weighted by Crippen LogP contribution is 2.09. The van der Waals surface area contributed by atoms with Crippen molar-refractivity contribution in [2.24, 2.45) is 0 Å². The van der Waals surface area contributed by atoms with Gasteiger partial charge in [0.2, 0.25) is 15.9 Å². The van der Waals surface area contributed by atoms with Crippen LogP contribution >= 0.6 is 0 Å². The molecule has 1 rings (SSSR count). The quantitative estimate of drug-likeness (QED) is 0.715. The Morgan fingerprint density at radius 1 is 1.58 bits per heavy atom. The molecule has 1 amide bonds. The number of rotatable bonds is 8. The Hall–Kier alpha value is -1.60. The van der Waals surface area contributed by atoms with Gasteiger partial charge in [-0.25, -0.2) is 8.42 Å². The Balaban J connectivity index is 2.56. The Morgan fingerprint density at radius 2 is 2.32 bits per heavy atom. The van der Waals surface area contributed by atoms with Crippen molar-refractivity contribution in [2.75, 3.05) is 19.3 Å². The monoisotopic (exact) mass is 286 g/mol. The Bertz CT molecular complexity index is 508. The smallest absolute Gasteiger partial charge is 0.221 e.